The summed E-state index contributed by atoms with van der Waals surface area (Å²) in [5.74, 6) is -0.248. The third-order valence-electron chi connectivity index (χ3n) is 3.21. The summed E-state index contributed by atoms with van der Waals surface area (Å²) in [6.07, 6.45) is 6.52. The van der Waals surface area contributed by atoms with Crippen molar-refractivity contribution < 1.29 is 9.50 Å². The molecule has 0 spiro atoms. The first-order chi connectivity index (χ1) is 8.51. The largest absolute Gasteiger partial charge is 0.400 e. The molecular formula is C15H22FNO. The maximum Gasteiger partial charge on any atom is 0.122 e. The van der Waals surface area contributed by atoms with Crippen LogP contribution in [0.1, 0.15) is 40.0 Å². The van der Waals surface area contributed by atoms with Gasteiger partial charge in [-0.25, -0.2) is 4.39 Å². The fourth-order valence-electron chi connectivity index (χ4n) is 1.55. The summed E-state index contributed by atoms with van der Waals surface area (Å²) >= 11 is 0. The molecule has 0 heterocycles. The maximum absolute atomic E-state index is 13.6. The topological polar surface area (TPSA) is 46.2 Å². The Bertz CT molecular complexity index is 424. The Morgan fingerprint density at radius 3 is 2.50 bits per heavy atom. The normalized spacial score (nSPS) is 18.9. The van der Waals surface area contributed by atoms with Crippen molar-refractivity contribution >= 4 is 0 Å². The molecule has 1 saturated carbocycles. The molecule has 1 aliphatic rings. The van der Waals surface area contributed by atoms with Gasteiger partial charge < -0.3 is 10.8 Å². The van der Waals surface area contributed by atoms with E-state index in [1.807, 2.05) is 13.8 Å². The highest BCUT2D eigenvalue weighted by Gasteiger charge is 2.21. The first-order valence-electron chi connectivity index (χ1n) is 6.36. The Morgan fingerprint density at radius 2 is 2.06 bits per heavy atom. The minimum Gasteiger partial charge on any atom is -0.400 e. The van der Waals surface area contributed by atoms with Gasteiger partial charge in [0.05, 0.1) is 0 Å². The van der Waals surface area contributed by atoms with E-state index in [4.69, 9.17) is 5.73 Å². The molecule has 0 aromatic rings. The highest BCUT2D eigenvalue weighted by Crippen LogP contribution is 2.32. The maximum atomic E-state index is 13.6. The van der Waals surface area contributed by atoms with Crippen LogP contribution in [-0.4, -0.2) is 11.2 Å². The van der Waals surface area contributed by atoms with Gasteiger partial charge in [0.15, 0.2) is 0 Å². The predicted octanol–water partition coefficient (Wildman–Crippen LogP) is 3.51. The molecule has 2 nitrogen and oxygen atoms in total. The quantitative estimate of drug-likeness (QED) is 0.734. The molecule has 0 radical (unpaired) electrons. The highest BCUT2D eigenvalue weighted by molar-refractivity contribution is 5.37. The molecular weight excluding hydrogens is 229 g/mol. The second kappa shape index (κ2) is 6.55. The molecule has 3 N–H and O–H groups in total. The van der Waals surface area contributed by atoms with Gasteiger partial charge in [-0.05, 0) is 55.9 Å². The molecule has 18 heavy (non-hydrogen) atoms. The van der Waals surface area contributed by atoms with Crippen LogP contribution in [-0.2, 0) is 0 Å². The van der Waals surface area contributed by atoms with E-state index in [1.54, 1.807) is 19.1 Å². The van der Waals surface area contributed by atoms with Crippen LogP contribution in [0.5, 0.6) is 0 Å². The van der Waals surface area contributed by atoms with Gasteiger partial charge in [-0.3, -0.25) is 0 Å². The number of allylic oxidation sites excluding steroid dienone is 5. The molecule has 0 aromatic heterocycles. The van der Waals surface area contributed by atoms with Crippen molar-refractivity contribution in [1.29, 1.82) is 0 Å². The van der Waals surface area contributed by atoms with Gasteiger partial charge in [-0.2, -0.15) is 0 Å². The van der Waals surface area contributed by atoms with E-state index in [2.05, 4.69) is 0 Å². The van der Waals surface area contributed by atoms with Gasteiger partial charge in [0.1, 0.15) is 11.9 Å². The lowest BCUT2D eigenvalue weighted by atomic mass is 10.0. The summed E-state index contributed by atoms with van der Waals surface area (Å²) < 4.78 is 13.6. The minimum atomic E-state index is -0.821. The first kappa shape index (κ1) is 14.7. The van der Waals surface area contributed by atoms with Crippen molar-refractivity contribution in [2.75, 3.05) is 0 Å². The van der Waals surface area contributed by atoms with E-state index in [1.165, 1.54) is 6.08 Å². The molecule has 1 aliphatic carbocycles. The van der Waals surface area contributed by atoms with Crippen molar-refractivity contribution in [3.05, 3.63) is 46.5 Å². The second-order valence-electron chi connectivity index (χ2n) is 4.57. The zero-order valence-electron chi connectivity index (χ0n) is 11.3. The smallest absolute Gasteiger partial charge is 0.122 e. The van der Waals surface area contributed by atoms with Gasteiger partial charge in [0.25, 0.3) is 0 Å². The highest BCUT2D eigenvalue weighted by atomic mass is 19.1. The predicted molar refractivity (Wildman–Crippen MR) is 73.5 cm³/mol. The van der Waals surface area contributed by atoms with Crippen LogP contribution < -0.4 is 5.73 Å². The molecule has 100 valence electrons. The molecule has 0 amide bonds. The molecule has 0 saturated heterocycles. The van der Waals surface area contributed by atoms with Crippen LogP contribution in [0.15, 0.2) is 46.5 Å². The molecule has 1 rings (SSSR count). The number of hydrogen-bond acceptors (Lipinski definition) is 2. The Balaban J connectivity index is 2.81. The Hall–Kier alpha value is -1.35. The van der Waals surface area contributed by atoms with Crippen LogP contribution >= 0.6 is 0 Å². The van der Waals surface area contributed by atoms with Crippen LogP contribution in [0.4, 0.5) is 4.39 Å². The van der Waals surface area contributed by atoms with Crippen molar-refractivity contribution in [2.45, 2.75) is 46.1 Å². The van der Waals surface area contributed by atoms with Crippen LogP contribution in [0.3, 0.4) is 0 Å². The molecule has 0 aliphatic heterocycles. The van der Waals surface area contributed by atoms with Crippen molar-refractivity contribution in [3.8, 4) is 0 Å². The lowest BCUT2D eigenvalue weighted by molar-refractivity contribution is 0.248. The number of aliphatic hydroxyl groups excluding tert-OH is 1. The van der Waals surface area contributed by atoms with E-state index in [-0.39, 0.29) is 5.83 Å². The van der Waals surface area contributed by atoms with E-state index in [0.29, 0.717) is 23.3 Å². The molecule has 0 bridgehead atoms. The number of nitrogens with two attached hydrogens (primary N) is 1. The third kappa shape index (κ3) is 3.84. The molecule has 1 unspecified atom stereocenters. The number of aliphatic hydroxyl groups is 1. The first-order valence-corrected chi connectivity index (χ1v) is 6.36. The minimum absolute atomic E-state index is 0.248. The molecule has 1 fully saturated rings. The van der Waals surface area contributed by atoms with Crippen LogP contribution in [0.25, 0.3) is 0 Å². The second-order valence-corrected chi connectivity index (χ2v) is 4.57. The summed E-state index contributed by atoms with van der Waals surface area (Å²) in [4.78, 5) is 0. The summed E-state index contributed by atoms with van der Waals surface area (Å²) in [5, 5.41) is 10.1. The summed E-state index contributed by atoms with van der Waals surface area (Å²) in [6, 6.07) is 0. The Labute approximate surface area is 108 Å². The van der Waals surface area contributed by atoms with Gasteiger partial charge in [-0.1, -0.05) is 19.1 Å². The zero-order chi connectivity index (χ0) is 13.7. The SMILES string of the molecule is C\C=C(/C=C\C(F)=C(/C)CC)C(O)C(N)=C1CC1. The standard InChI is InChI=1S/C15H22FNO/c1-4-10(3)13(16)9-8-11(5-2)15(18)14(17)12-6-7-12/h5,8-9,15,18H,4,6-7,17H2,1-3H3/b9-8-,11-5+,13-10-. The number of rotatable bonds is 5. The Morgan fingerprint density at radius 1 is 1.44 bits per heavy atom. The number of halogens is 1. The molecule has 1 atom stereocenters. The summed E-state index contributed by atoms with van der Waals surface area (Å²) in [7, 11) is 0. The fourth-order valence-corrected chi connectivity index (χ4v) is 1.55. The number of hydrogen-bond donors (Lipinski definition) is 2. The average Bonchev–Trinajstić information content (AvgIpc) is 3.21. The van der Waals surface area contributed by atoms with Gasteiger partial charge in [0, 0.05) is 5.70 Å². The van der Waals surface area contributed by atoms with Crippen molar-refractivity contribution in [3.63, 3.8) is 0 Å². The van der Waals surface area contributed by atoms with E-state index in [9.17, 15) is 9.50 Å². The fraction of sp³-hybridized carbons (Fsp3) is 0.467. The third-order valence-corrected chi connectivity index (χ3v) is 3.21. The van der Waals surface area contributed by atoms with E-state index >= 15 is 0 Å². The van der Waals surface area contributed by atoms with E-state index < -0.39 is 6.10 Å². The van der Waals surface area contributed by atoms with E-state index in [0.717, 1.165) is 18.4 Å². The summed E-state index contributed by atoms with van der Waals surface area (Å²) in [5.41, 5.74) is 8.80. The van der Waals surface area contributed by atoms with Crippen LogP contribution in [0.2, 0.25) is 0 Å². The van der Waals surface area contributed by atoms with Gasteiger partial charge in [0.2, 0.25) is 0 Å². The lowest BCUT2D eigenvalue weighted by Gasteiger charge is -2.12. The average molecular weight is 251 g/mol. The molecule has 0 aromatic carbocycles. The van der Waals surface area contributed by atoms with Crippen LogP contribution in [0, 0.1) is 0 Å². The lowest BCUT2D eigenvalue weighted by Crippen LogP contribution is -2.19. The van der Waals surface area contributed by atoms with Gasteiger partial charge in [-0.15, -0.1) is 0 Å². The summed E-state index contributed by atoms with van der Waals surface area (Å²) in [6.45, 7) is 5.47. The van der Waals surface area contributed by atoms with Gasteiger partial charge >= 0.3 is 0 Å². The van der Waals surface area contributed by atoms with Crippen molar-refractivity contribution in [2.24, 2.45) is 5.73 Å². The molecule has 3 heteroatoms. The zero-order valence-corrected chi connectivity index (χ0v) is 11.3. The Kier molecular flexibility index (Phi) is 5.35. The van der Waals surface area contributed by atoms with Crippen molar-refractivity contribution in [1.82, 2.24) is 0 Å². The monoisotopic (exact) mass is 251 g/mol.